The number of hydrogen-bond acceptors (Lipinski definition) is 4. The second kappa shape index (κ2) is 7.44. The first-order valence-electron chi connectivity index (χ1n) is 8.04. The Balaban J connectivity index is 1.56. The second-order valence-corrected chi connectivity index (χ2v) is 7.01. The number of anilines is 1. The molecule has 1 unspecified atom stereocenters. The SMILES string of the molecule is Cc1ccc2nc(NC(=O)CC(C)NC(=O)c3ccccc3)sc2c1. The van der Waals surface area contributed by atoms with Crippen LogP contribution < -0.4 is 10.6 Å². The molecular formula is C19H19N3O2S. The molecule has 128 valence electrons. The van der Waals surface area contributed by atoms with Crippen molar-refractivity contribution in [1.82, 2.24) is 10.3 Å². The number of aryl methyl sites for hydroxylation is 1. The fourth-order valence-electron chi connectivity index (χ4n) is 2.48. The molecule has 3 rings (SSSR count). The summed E-state index contributed by atoms with van der Waals surface area (Å²) in [5.41, 5.74) is 2.61. The zero-order valence-corrected chi connectivity index (χ0v) is 14.9. The number of nitrogens with one attached hydrogen (secondary N) is 2. The molecular weight excluding hydrogens is 334 g/mol. The first-order valence-corrected chi connectivity index (χ1v) is 8.86. The molecule has 6 heteroatoms. The second-order valence-electron chi connectivity index (χ2n) is 5.98. The van der Waals surface area contributed by atoms with Gasteiger partial charge in [0, 0.05) is 18.0 Å². The van der Waals surface area contributed by atoms with Gasteiger partial charge in [-0.3, -0.25) is 9.59 Å². The number of amides is 2. The van der Waals surface area contributed by atoms with E-state index in [0.29, 0.717) is 10.7 Å². The van der Waals surface area contributed by atoms with E-state index in [9.17, 15) is 9.59 Å². The van der Waals surface area contributed by atoms with Crippen molar-refractivity contribution in [1.29, 1.82) is 0 Å². The van der Waals surface area contributed by atoms with Crippen molar-refractivity contribution in [3.63, 3.8) is 0 Å². The summed E-state index contributed by atoms with van der Waals surface area (Å²) in [4.78, 5) is 28.7. The predicted octanol–water partition coefficient (Wildman–Crippen LogP) is 3.75. The molecule has 3 aromatic rings. The van der Waals surface area contributed by atoms with Gasteiger partial charge >= 0.3 is 0 Å². The Hall–Kier alpha value is -2.73. The van der Waals surface area contributed by atoms with Crippen molar-refractivity contribution >= 4 is 38.5 Å². The van der Waals surface area contributed by atoms with Crippen molar-refractivity contribution < 1.29 is 9.59 Å². The maximum absolute atomic E-state index is 12.2. The quantitative estimate of drug-likeness (QED) is 0.734. The average Bonchev–Trinajstić information content (AvgIpc) is 2.96. The Labute approximate surface area is 150 Å². The van der Waals surface area contributed by atoms with E-state index in [0.717, 1.165) is 15.8 Å². The predicted molar refractivity (Wildman–Crippen MR) is 101 cm³/mol. The van der Waals surface area contributed by atoms with Gasteiger partial charge in [0.25, 0.3) is 5.91 Å². The van der Waals surface area contributed by atoms with Gasteiger partial charge in [0.1, 0.15) is 0 Å². The molecule has 0 saturated heterocycles. The number of nitrogens with zero attached hydrogens (tertiary/aromatic N) is 1. The van der Waals surface area contributed by atoms with Gasteiger partial charge in [0.2, 0.25) is 5.91 Å². The van der Waals surface area contributed by atoms with Crippen molar-refractivity contribution in [2.24, 2.45) is 0 Å². The molecule has 0 aliphatic carbocycles. The minimum absolute atomic E-state index is 0.170. The molecule has 2 N–H and O–H groups in total. The van der Waals surface area contributed by atoms with Crippen LogP contribution in [-0.2, 0) is 4.79 Å². The number of benzene rings is 2. The van der Waals surface area contributed by atoms with Crippen molar-refractivity contribution in [2.45, 2.75) is 26.3 Å². The number of hydrogen-bond donors (Lipinski definition) is 2. The van der Waals surface area contributed by atoms with Crippen molar-refractivity contribution in [2.75, 3.05) is 5.32 Å². The van der Waals surface area contributed by atoms with Crippen LogP contribution in [-0.4, -0.2) is 22.8 Å². The minimum Gasteiger partial charge on any atom is -0.349 e. The molecule has 2 amide bonds. The summed E-state index contributed by atoms with van der Waals surface area (Å²) in [5.74, 6) is -0.354. The van der Waals surface area contributed by atoms with Gasteiger partial charge in [-0.1, -0.05) is 35.6 Å². The van der Waals surface area contributed by atoms with Gasteiger partial charge in [0.15, 0.2) is 5.13 Å². The fourth-order valence-corrected chi connectivity index (χ4v) is 3.46. The van der Waals surface area contributed by atoms with Crippen molar-refractivity contribution in [3.8, 4) is 0 Å². The van der Waals surface area contributed by atoms with Gasteiger partial charge in [-0.2, -0.15) is 0 Å². The molecule has 0 bridgehead atoms. The van der Waals surface area contributed by atoms with Crippen molar-refractivity contribution in [3.05, 3.63) is 59.7 Å². The van der Waals surface area contributed by atoms with Gasteiger partial charge < -0.3 is 10.6 Å². The van der Waals surface area contributed by atoms with Crippen LogP contribution in [0.5, 0.6) is 0 Å². The Morgan fingerprint density at radius 2 is 1.92 bits per heavy atom. The average molecular weight is 353 g/mol. The van der Waals surface area contributed by atoms with E-state index in [1.165, 1.54) is 11.3 Å². The summed E-state index contributed by atoms with van der Waals surface area (Å²) in [5, 5.41) is 6.22. The molecule has 1 atom stereocenters. The van der Waals surface area contributed by atoms with Gasteiger partial charge in [-0.25, -0.2) is 4.98 Å². The van der Waals surface area contributed by atoms with Crippen LogP contribution in [0.15, 0.2) is 48.5 Å². The van der Waals surface area contributed by atoms with Crippen LogP contribution in [0.1, 0.15) is 29.3 Å². The van der Waals surface area contributed by atoms with Crippen LogP contribution in [0.3, 0.4) is 0 Å². The molecule has 2 aromatic carbocycles. The maximum atomic E-state index is 12.2. The van der Waals surface area contributed by atoms with E-state index in [1.807, 2.05) is 38.1 Å². The normalized spacial score (nSPS) is 11.9. The number of fused-ring (bicyclic) bond motifs is 1. The lowest BCUT2D eigenvalue weighted by atomic mass is 10.1. The first kappa shape index (κ1) is 17.1. The highest BCUT2D eigenvalue weighted by Gasteiger charge is 2.14. The van der Waals surface area contributed by atoms with E-state index >= 15 is 0 Å². The largest absolute Gasteiger partial charge is 0.349 e. The summed E-state index contributed by atoms with van der Waals surface area (Å²) < 4.78 is 1.04. The van der Waals surface area contributed by atoms with Crippen LogP contribution in [0.25, 0.3) is 10.2 Å². The molecule has 5 nitrogen and oxygen atoms in total. The lowest BCUT2D eigenvalue weighted by molar-refractivity contribution is -0.116. The van der Waals surface area contributed by atoms with E-state index < -0.39 is 0 Å². The maximum Gasteiger partial charge on any atom is 0.251 e. The number of rotatable bonds is 5. The van der Waals surface area contributed by atoms with E-state index in [-0.39, 0.29) is 24.3 Å². The van der Waals surface area contributed by atoms with Crippen LogP contribution in [0, 0.1) is 6.92 Å². The molecule has 1 aromatic heterocycles. The molecule has 0 aliphatic rings. The summed E-state index contributed by atoms with van der Waals surface area (Å²) in [7, 11) is 0. The molecule has 25 heavy (non-hydrogen) atoms. The number of carbonyl (C=O) groups is 2. The standard InChI is InChI=1S/C19H19N3O2S/c1-12-8-9-15-16(10-12)25-19(21-15)22-17(23)11-13(2)20-18(24)14-6-4-3-5-7-14/h3-10,13H,11H2,1-2H3,(H,20,24)(H,21,22,23). The summed E-state index contributed by atoms with van der Waals surface area (Å²) in [6.45, 7) is 3.83. The molecule has 0 spiro atoms. The summed E-state index contributed by atoms with van der Waals surface area (Å²) in [6.07, 6.45) is 0.188. The minimum atomic E-state index is -0.274. The third-order valence-electron chi connectivity index (χ3n) is 3.70. The topological polar surface area (TPSA) is 71.1 Å². The van der Waals surface area contributed by atoms with Crippen LogP contribution in [0.4, 0.5) is 5.13 Å². The summed E-state index contributed by atoms with van der Waals surface area (Å²) in [6, 6.07) is 14.7. The summed E-state index contributed by atoms with van der Waals surface area (Å²) >= 11 is 1.45. The Morgan fingerprint density at radius 3 is 2.68 bits per heavy atom. The van der Waals surface area contributed by atoms with E-state index in [1.54, 1.807) is 24.3 Å². The molecule has 0 saturated carbocycles. The highest BCUT2D eigenvalue weighted by atomic mass is 32.1. The van der Waals surface area contributed by atoms with Crippen LogP contribution in [0.2, 0.25) is 0 Å². The Morgan fingerprint density at radius 1 is 1.16 bits per heavy atom. The molecule has 0 radical (unpaired) electrons. The third kappa shape index (κ3) is 4.42. The molecule has 0 aliphatic heterocycles. The fraction of sp³-hybridized carbons (Fsp3) is 0.211. The van der Waals surface area contributed by atoms with Gasteiger partial charge in [-0.05, 0) is 43.7 Å². The molecule has 1 heterocycles. The Bertz CT molecular complexity index is 905. The van der Waals surface area contributed by atoms with Gasteiger partial charge in [0.05, 0.1) is 10.2 Å². The van der Waals surface area contributed by atoms with E-state index in [4.69, 9.17) is 0 Å². The number of thiazole rings is 1. The lowest BCUT2D eigenvalue weighted by Crippen LogP contribution is -2.35. The number of carbonyl (C=O) groups excluding carboxylic acids is 2. The number of aromatic nitrogens is 1. The van der Waals surface area contributed by atoms with E-state index in [2.05, 4.69) is 15.6 Å². The zero-order valence-electron chi connectivity index (χ0n) is 14.1. The smallest absolute Gasteiger partial charge is 0.251 e. The highest BCUT2D eigenvalue weighted by molar-refractivity contribution is 7.22. The Kier molecular flexibility index (Phi) is 5.09. The highest BCUT2D eigenvalue weighted by Crippen LogP contribution is 2.26. The van der Waals surface area contributed by atoms with Gasteiger partial charge in [-0.15, -0.1) is 0 Å². The zero-order chi connectivity index (χ0) is 17.8. The monoisotopic (exact) mass is 353 g/mol. The third-order valence-corrected chi connectivity index (χ3v) is 4.63. The first-order chi connectivity index (χ1) is 12.0. The lowest BCUT2D eigenvalue weighted by Gasteiger charge is -2.13. The van der Waals surface area contributed by atoms with Crippen LogP contribution >= 0.6 is 11.3 Å². The molecule has 0 fully saturated rings.